The predicted octanol–water partition coefficient (Wildman–Crippen LogP) is 1.06. The van der Waals surface area contributed by atoms with E-state index in [0.717, 1.165) is 6.42 Å². The molecule has 2 unspecified atom stereocenters. The Labute approximate surface area is 94.0 Å². The third kappa shape index (κ3) is 3.41. The van der Waals surface area contributed by atoms with Crippen LogP contribution in [0.5, 0.6) is 0 Å². The molecule has 15 heavy (non-hydrogen) atoms. The highest BCUT2D eigenvalue weighted by atomic mass is 32.2. The number of carbonyl (C=O) groups excluding carboxylic acids is 1. The molecule has 1 aliphatic rings. The number of nitrogens with zero attached hydrogens (tertiary/aromatic N) is 1. The Balaban J connectivity index is 2.37. The molecule has 1 fully saturated rings. The molecule has 0 aromatic rings. The van der Waals surface area contributed by atoms with Gasteiger partial charge in [0.15, 0.2) is 0 Å². The average Bonchev–Trinajstić information content (AvgIpc) is 2.56. The lowest BCUT2D eigenvalue weighted by molar-refractivity contribution is -0.141. The van der Waals surface area contributed by atoms with Gasteiger partial charge >= 0.3 is 5.97 Å². The van der Waals surface area contributed by atoms with E-state index in [-0.39, 0.29) is 12.3 Å². The second-order valence-corrected chi connectivity index (χ2v) is 5.19. The van der Waals surface area contributed by atoms with Crippen molar-refractivity contribution in [3.05, 3.63) is 0 Å². The number of rotatable bonds is 5. The minimum atomic E-state index is -0.858. The molecule has 1 amide bonds. The van der Waals surface area contributed by atoms with Crippen LogP contribution in [0.3, 0.4) is 0 Å². The number of thioether (sulfide) groups is 1. The molecule has 1 aliphatic heterocycles. The smallest absolute Gasteiger partial charge is 0.308 e. The fourth-order valence-corrected chi connectivity index (χ4v) is 1.95. The molecule has 0 aromatic heterocycles. The summed E-state index contributed by atoms with van der Waals surface area (Å²) in [6.45, 7) is 3.18. The lowest BCUT2D eigenvalue weighted by atomic mass is 10.1. The second kappa shape index (κ2) is 5.39. The Morgan fingerprint density at radius 2 is 2.40 bits per heavy atom. The zero-order valence-electron chi connectivity index (χ0n) is 9.10. The molecule has 0 saturated carbocycles. The summed E-state index contributed by atoms with van der Waals surface area (Å²) < 4.78 is 0. The van der Waals surface area contributed by atoms with Gasteiger partial charge in [0.25, 0.3) is 0 Å². The molecule has 1 N–H and O–H groups in total. The Kier molecular flexibility index (Phi) is 4.45. The van der Waals surface area contributed by atoms with Crippen LogP contribution in [-0.2, 0) is 9.59 Å². The molecule has 0 aliphatic carbocycles. The highest BCUT2D eigenvalue weighted by Crippen LogP contribution is 2.19. The van der Waals surface area contributed by atoms with Gasteiger partial charge in [-0.25, -0.2) is 0 Å². The van der Waals surface area contributed by atoms with Crippen molar-refractivity contribution in [3.8, 4) is 0 Å². The van der Waals surface area contributed by atoms with Gasteiger partial charge < -0.3 is 10.0 Å². The molecule has 0 spiro atoms. The summed E-state index contributed by atoms with van der Waals surface area (Å²) in [5, 5.41) is 9.30. The van der Waals surface area contributed by atoms with Crippen molar-refractivity contribution in [1.82, 2.24) is 4.90 Å². The van der Waals surface area contributed by atoms with Crippen LogP contribution >= 0.6 is 11.8 Å². The van der Waals surface area contributed by atoms with Crippen molar-refractivity contribution >= 4 is 23.6 Å². The Morgan fingerprint density at radius 3 is 2.87 bits per heavy atom. The largest absolute Gasteiger partial charge is 0.481 e. The number of amides is 1. The van der Waals surface area contributed by atoms with Crippen LogP contribution in [-0.4, -0.2) is 46.5 Å². The molecule has 86 valence electrons. The van der Waals surface area contributed by atoms with Crippen LogP contribution in [0.2, 0.25) is 0 Å². The number of likely N-dealkylation sites (tertiary alicyclic amines) is 1. The Morgan fingerprint density at radius 1 is 1.73 bits per heavy atom. The quantitative estimate of drug-likeness (QED) is 0.768. The number of carboxylic acids is 1. The van der Waals surface area contributed by atoms with E-state index in [1.807, 2.05) is 6.26 Å². The predicted molar refractivity (Wildman–Crippen MR) is 59.9 cm³/mol. The lowest BCUT2D eigenvalue weighted by Crippen LogP contribution is -2.28. The molecule has 2 atom stereocenters. The summed E-state index contributed by atoms with van der Waals surface area (Å²) >= 11 is 1.76. The van der Waals surface area contributed by atoms with Gasteiger partial charge in [0.1, 0.15) is 0 Å². The molecule has 0 bridgehead atoms. The second-order valence-electron chi connectivity index (χ2n) is 3.91. The van der Waals surface area contributed by atoms with Gasteiger partial charge in [-0.1, -0.05) is 6.92 Å². The van der Waals surface area contributed by atoms with Crippen molar-refractivity contribution < 1.29 is 14.7 Å². The summed E-state index contributed by atoms with van der Waals surface area (Å²) in [5.41, 5.74) is 0. The fraction of sp³-hybridized carbons (Fsp3) is 0.800. The molecule has 1 heterocycles. The van der Waals surface area contributed by atoms with Crippen LogP contribution < -0.4 is 0 Å². The van der Waals surface area contributed by atoms with Gasteiger partial charge in [0.05, 0.1) is 5.92 Å². The van der Waals surface area contributed by atoms with Gasteiger partial charge in [-0.05, 0) is 12.7 Å². The van der Waals surface area contributed by atoms with E-state index in [1.54, 1.807) is 16.7 Å². The molecular weight excluding hydrogens is 214 g/mol. The lowest BCUT2D eigenvalue weighted by Gasteiger charge is -2.17. The molecule has 0 radical (unpaired) electrons. The normalized spacial score (nSPS) is 23.2. The molecule has 4 nitrogen and oxygen atoms in total. The van der Waals surface area contributed by atoms with Gasteiger partial charge in [-0.15, -0.1) is 0 Å². The highest BCUT2D eigenvalue weighted by molar-refractivity contribution is 7.99. The van der Waals surface area contributed by atoms with E-state index in [4.69, 9.17) is 5.11 Å². The molecule has 5 heteroatoms. The van der Waals surface area contributed by atoms with E-state index >= 15 is 0 Å². The topological polar surface area (TPSA) is 57.6 Å². The zero-order chi connectivity index (χ0) is 11.4. The molecule has 1 saturated heterocycles. The van der Waals surface area contributed by atoms with Gasteiger partial charge in [0, 0.05) is 24.8 Å². The van der Waals surface area contributed by atoms with Crippen LogP contribution in [0.1, 0.15) is 19.8 Å². The van der Waals surface area contributed by atoms with Crippen molar-refractivity contribution in [2.75, 3.05) is 19.3 Å². The van der Waals surface area contributed by atoms with Crippen LogP contribution in [0.4, 0.5) is 0 Å². The van der Waals surface area contributed by atoms with Crippen LogP contribution in [0, 0.1) is 5.92 Å². The summed E-state index contributed by atoms with van der Waals surface area (Å²) in [5.74, 6) is -1.37. The van der Waals surface area contributed by atoms with Gasteiger partial charge in [0.2, 0.25) is 5.91 Å². The first-order chi connectivity index (χ1) is 7.04. The fourth-order valence-electron chi connectivity index (χ4n) is 1.61. The number of aliphatic carboxylic acids is 1. The minimum Gasteiger partial charge on any atom is -0.481 e. The van der Waals surface area contributed by atoms with E-state index in [2.05, 4.69) is 6.92 Å². The van der Waals surface area contributed by atoms with Crippen molar-refractivity contribution in [2.24, 2.45) is 5.92 Å². The summed E-state index contributed by atoms with van der Waals surface area (Å²) in [6, 6.07) is 0. The number of carbonyl (C=O) groups is 2. The summed E-state index contributed by atoms with van der Waals surface area (Å²) in [6.07, 6.45) is 3.14. The number of carboxylic acid groups (broad SMARTS) is 1. The molecule has 0 aromatic carbocycles. The first kappa shape index (κ1) is 12.4. The minimum absolute atomic E-state index is 0.0179. The van der Waals surface area contributed by atoms with Crippen molar-refractivity contribution in [1.29, 1.82) is 0 Å². The van der Waals surface area contributed by atoms with Gasteiger partial charge in [-0.3, -0.25) is 9.59 Å². The van der Waals surface area contributed by atoms with E-state index < -0.39 is 11.9 Å². The number of hydrogen-bond acceptors (Lipinski definition) is 3. The van der Waals surface area contributed by atoms with E-state index in [0.29, 0.717) is 18.3 Å². The summed E-state index contributed by atoms with van der Waals surface area (Å²) in [4.78, 5) is 23.8. The average molecular weight is 231 g/mol. The SMILES string of the molecule is CSC(C)CCN1CC(C(=O)O)CC1=O. The third-order valence-electron chi connectivity index (χ3n) is 2.77. The third-order valence-corrected chi connectivity index (χ3v) is 3.81. The van der Waals surface area contributed by atoms with Crippen LogP contribution in [0.25, 0.3) is 0 Å². The maximum absolute atomic E-state index is 11.4. The van der Waals surface area contributed by atoms with Crippen LogP contribution in [0.15, 0.2) is 0 Å². The van der Waals surface area contributed by atoms with Crippen molar-refractivity contribution in [2.45, 2.75) is 25.0 Å². The Bertz CT molecular complexity index is 257. The van der Waals surface area contributed by atoms with E-state index in [1.165, 1.54) is 0 Å². The standard InChI is InChI=1S/C10H17NO3S/c1-7(15-2)3-4-11-6-8(10(13)14)5-9(11)12/h7-8H,3-6H2,1-2H3,(H,13,14). The molecular formula is C10H17NO3S. The maximum atomic E-state index is 11.4. The van der Waals surface area contributed by atoms with E-state index in [9.17, 15) is 9.59 Å². The number of hydrogen-bond donors (Lipinski definition) is 1. The highest BCUT2D eigenvalue weighted by Gasteiger charge is 2.33. The van der Waals surface area contributed by atoms with Gasteiger partial charge in [-0.2, -0.15) is 11.8 Å². The van der Waals surface area contributed by atoms with Crippen molar-refractivity contribution in [3.63, 3.8) is 0 Å². The molecule has 1 rings (SSSR count). The zero-order valence-corrected chi connectivity index (χ0v) is 9.92. The Hall–Kier alpha value is -0.710. The summed E-state index contributed by atoms with van der Waals surface area (Å²) in [7, 11) is 0. The first-order valence-corrected chi connectivity index (χ1v) is 6.36. The monoisotopic (exact) mass is 231 g/mol. The maximum Gasteiger partial charge on any atom is 0.308 e. The first-order valence-electron chi connectivity index (χ1n) is 5.08.